The molecule has 1 aromatic carbocycles. The average molecular weight is 414 g/mol. The van der Waals surface area contributed by atoms with E-state index in [-0.39, 0.29) is 29.5 Å². The lowest BCUT2D eigenvalue weighted by molar-refractivity contribution is -0.140. The number of likely N-dealkylation sites (N-methyl/N-ethyl adjacent to an activating group) is 1. The fraction of sp³-hybridized carbons (Fsp3) is 0.565. The molecule has 2 saturated heterocycles. The molecule has 0 aromatic heterocycles. The molecular formula is C23H31N3O4. The van der Waals surface area contributed by atoms with E-state index < -0.39 is 5.54 Å². The molecule has 0 N–H and O–H groups in total. The van der Waals surface area contributed by atoms with Crippen molar-refractivity contribution < 1.29 is 19.2 Å². The van der Waals surface area contributed by atoms with Crippen LogP contribution in [0.2, 0.25) is 0 Å². The molecule has 0 aliphatic carbocycles. The number of ketones is 1. The Morgan fingerprint density at radius 3 is 2.27 bits per heavy atom. The minimum atomic E-state index is -0.823. The molecule has 4 amide bonds. The summed E-state index contributed by atoms with van der Waals surface area (Å²) in [5, 5.41) is 0. The molecule has 0 radical (unpaired) electrons. The van der Waals surface area contributed by atoms with Gasteiger partial charge in [0.1, 0.15) is 5.54 Å². The van der Waals surface area contributed by atoms with Crippen LogP contribution in [0.3, 0.4) is 0 Å². The fourth-order valence-corrected chi connectivity index (χ4v) is 4.43. The van der Waals surface area contributed by atoms with Gasteiger partial charge in [0.2, 0.25) is 5.91 Å². The first-order valence-electron chi connectivity index (χ1n) is 10.7. The third kappa shape index (κ3) is 4.25. The summed E-state index contributed by atoms with van der Waals surface area (Å²) in [5.41, 5.74) is -0.153. The standard InChI is InChI=1S/C23H31N3O4/c1-17(2)16-26-22(30)24(3)21(29)23(26)12-14-25(15-13-23)20(28)11-7-10-19(27)18-8-5-4-6-9-18/h4-6,8-9,17H,7,10-16H2,1-3H3. The van der Waals surface area contributed by atoms with Crippen LogP contribution in [0.5, 0.6) is 0 Å². The molecule has 1 spiro atoms. The molecule has 0 unspecified atom stereocenters. The molecule has 30 heavy (non-hydrogen) atoms. The average Bonchev–Trinajstić information content (AvgIpc) is 2.90. The zero-order valence-electron chi connectivity index (χ0n) is 18.1. The summed E-state index contributed by atoms with van der Waals surface area (Å²) < 4.78 is 0. The topological polar surface area (TPSA) is 78.0 Å². The molecule has 162 valence electrons. The van der Waals surface area contributed by atoms with Crippen molar-refractivity contribution in [3.8, 4) is 0 Å². The molecule has 0 atom stereocenters. The lowest BCUT2D eigenvalue weighted by Gasteiger charge is -2.42. The van der Waals surface area contributed by atoms with Crippen LogP contribution in [0.1, 0.15) is 56.3 Å². The highest BCUT2D eigenvalue weighted by Crippen LogP contribution is 2.37. The number of imide groups is 1. The maximum Gasteiger partial charge on any atom is 0.327 e. The molecule has 0 bridgehead atoms. The van der Waals surface area contributed by atoms with Crippen molar-refractivity contribution >= 4 is 23.6 Å². The van der Waals surface area contributed by atoms with E-state index in [1.807, 2.05) is 32.0 Å². The first-order chi connectivity index (χ1) is 14.3. The van der Waals surface area contributed by atoms with Gasteiger partial charge in [-0.25, -0.2) is 4.79 Å². The van der Waals surface area contributed by atoms with Gasteiger partial charge in [-0.15, -0.1) is 0 Å². The van der Waals surface area contributed by atoms with Gasteiger partial charge in [-0.2, -0.15) is 0 Å². The van der Waals surface area contributed by atoms with E-state index in [1.165, 1.54) is 11.9 Å². The molecule has 2 heterocycles. The number of hydrogen-bond donors (Lipinski definition) is 0. The Morgan fingerprint density at radius 2 is 1.67 bits per heavy atom. The summed E-state index contributed by atoms with van der Waals surface area (Å²) in [6.45, 7) is 5.49. The van der Waals surface area contributed by atoms with Crippen molar-refractivity contribution in [3.05, 3.63) is 35.9 Å². The van der Waals surface area contributed by atoms with E-state index in [2.05, 4.69) is 0 Å². The number of Topliss-reactive ketones (excluding diaryl/α,β-unsaturated/α-hetero) is 1. The number of rotatable bonds is 7. The third-order valence-electron chi connectivity index (χ3n) is 6.12. The van der Waals surface area contributed by atoms with Crippen LogP contribution in [0.4, 0.5) is 4.79 Å². The SMILES string of the molecule is CC(C)CN1C(=O)N(C)C(=O)C12CCN(C(=O)CCCC(=O)c1ccccc1)CC2. The molecular weight excluding hydrogens is 382 g/mol. The molecule has 2 aliphatic rings. The third-order valence-corrected chi connectivity index (χ3v) is 6.12. The smallest absolute Gasteiger partial charge is 0.327 e. The zero-order chi connectivity index (χ0) is 21.9. The Labute approximate surface area is 178 Å². The predicted octanol–water partition coefficient (Wildman–Crippen LogP) is 2.95. The fourth-order valence-electron chi connectivity index (χ4n) is 4.43. The maximum absolute atomic E-state index is 12.9. The van der Waals surface area contributed by atoms with Crippen LogP contribution >= 0.6 is 0 Å². The van der Waals surface area contributed by atoms with E-state index in [9.17, 15) is 19.2 Å². The van der Waals surface area contributed by atoms with E-state index in [4.69, 9.17) is 0 Å². The minimum Gasteiger partial charge on any atom is -0.342 e. The molecule has 0 saturated carbocycles. The summed E-state index contributed by atoms with van der Waals surface area (Å²) in [5.74, 6) is 0.148. The zero-order valence-corrected chi connectivity index (χ0v) is 18.1. The van der Waals surface area contributed by atoms with E-state index in [0.717, 1.165) is 0 Å². The minimum absolute atomic E-state index is 0.00579. The number of likely N-dealkylation sites (tertiary alicyclic amines) is 1. The van der Waals surface area contributed by atoms with Gasteiger partial charge in [-0.3, -0.25) is 19.3 Å². The lowest BCUT2D eigenvalue weighted by Crippen LogP contribution is -2.58. The summed E-state index contributed by atoms with van der Waals surface area (Å²) >= 11 is 0. The first kappa shape index (κ1) is 22.0. The second kappa shape index (κ2) is 8.98. The second-order valence-electron chi connectivity index (χ2n) is 8.71. The molecule has 3 rings (SSSR count). The number of urea groups is 1. The van der Waals surface area contributed by atoms with E-state index in [0.29, 0.717) is 57.3 Å². The van der Waals surface area contributed by atoms with Gasteiger partial charge in [0, 0.05) is 45.1 Å². The first-order valence-corrected chi connectivity index (χ1v) is 10.7. The van der Waals surface area contributed by atoms with Crippen molar-refractivity contribution in [2.24, 2.45) is 5.92 Å². The summed E-state index contributed by atoms with van der Waals surface area (Å²) in [6, 6.07) is 8.86. The highest BCUT2D eigenvalue weighted by Gasteiger charge is 2.57. The summed E-state index contributed by atoms with van der Waals surface area (Å²) in [6.07, 6.45) is 2.09. The number of benzene rings is 1. The molecule has 7 nitrogen and oxygen atoms in total. The molecule has 2 aliphatic heterocycles. The quantitative estimate of drug-likeness (QED) is 0.509. The van der Waals surface area contributed by atoms with Gasteiger partial charge in [-0.1, -0.05) is 44.2 Å². The van der Waals surface area contributed by atoms with Crippen molar-refractivity contribution in [2.75, 3.05) is 26.7 Å². The Hall–Kier alpha value is -2.70. The molecule has 1 aromatic rings. The Balaban J connectivity index is 1.54. The number of nitrogens with zero attached hydrogens (tertiary/aromatic N) is 3. The Kier molecular flexibility index (Phi) is 6.58. The van der Waals surface area contributed by atoms with Crippen LogP contribution in [0.15, 0.2) is 30.3 Å². The highest BCUT2D eigenvalue weighted by atomic mass is 16.2. The highest BCUT2D eigenvalue weighted by molar-refractivity contribution is 6.07. The number of hydrogen-bond acceptors (Lipinski definition) is 4. The van der Waals surface area contributed by atoms with Crippen LogP contribution in [0.25, 0.3) is 0 Å². The number of amides is 4. The number of carbonyl (C=O) groups excluding carboxylic acids is 4. The van der Waals surface area contributed by atoms with Gasteiger partial charge in [-0.05, 0) is 25.2 Å². The predicted molar refractivity (Wildman–Crippen MR) is 113 cm³/mol. The monoisotopic (exact) mass is 413 g/mol. The van der Waals surface area contributed by atoms with Gasteiger partial charge in [0.15, 0.2) is 5.78 Å². The van der Waals surface area contributed by atoms with E-state index in [1.54, 1.807) is 21.9 Å². The van der Waals surface area contributed by atoms with Crippen LogP contribution < -0.4 is 0 Å². The van der Waals surface area contributed by atoms with Crippen LogP contribution in [0, 0.1) is 5.92 Å². The van der Waals surface area contributed by atoms with Crippen molar-refractivity contribution in [2.45, 2.75) is 51.5 Å². The van der Waals surface area contributed by atoms with Crippen LogP contribution in [-0.2, 0) is 9.59 Å². The lowest BCUT2D eigenvalue weighted by atomic mass is 9.85. The maximum atomic E-state index is 12.9. The van der Waals surface area contributed by atoms with Crippen molar-refractivity contribution in [1.82, 2.24) is 14.7 Å². The molecule has 2 fully saturated rings. The van der Waals surface area contributed by atoms with Gasteiger partial charge < -0.3 is 9.80 Å². The van der Waals surface area contributed by atoms with Gasteiger partial charge >= 0.3 is 6.03 Å². The number of carbonyl (C=O) groups is 4. The molecule has 7 heteroatoms. The second-order valence-corrected chi connectivity index (χ2v) is 8.71. The van der Waals surface area contributed by atoms with Crippen molar-refractivity contribution in [1.29, 1.82) is 0 Å². The summed E-state index contributed by atoms with van der Waals surface area (Å²) in [4.78, 5) is 55.0. The van der Waals surface area contributed by atoms with Gasteiger partial charge in [0.05, 0.1) is 0 Å². The number of piperidine rings is 1. The van der Waals surface area contributed by atoms with Crippen molar-refractivity contribution in [3.63, 3.8) is 0 Å². The normalized spacial score (nSPS) is 18.6. The Bertz CT molecular complexity index is 813. The Morgan fingerprint density at radius 1 is 1.03 bits per heavy atom. The van der Waals surface area contributed by atoms with E-state index >= 15 is 0 Å². The largest absolute Gasteiger partial charge is 0.342 e. The van der Waals surface area contributed by atoms with Crippen LogP contribution in [-0.4, -0.2) is 70.5 Å². The summed E-state index contributed by atoms with van der Waals surface area (Å²) in [7, 11) is 1.54. The van der Waals surface area contributed by atoms with Gasteiger partial charge in [0.25, 0.3) is 5.91 Å².